The van der Waals surface area contributed by atoms with Crippen molar-refractivity contribution in [1.82, 2.24) is 0 Å². The van der Waals surface area contributed by atoms with Crippen molar-refractivity contribution in [2.75, 3.05) is 21.3 Å². The van der Waals surface area contributed by atoms with Gasteiger partial charge >= 0.3 is 0 Å². The third-order valence-electron chi connectivity index (χ3n) is 3.20. The van der Waals surface area contributed by atoms with Crippen LogP contribution in [0.25, 0.3) is 0 Å². The zero-order valence-electron chi connectivity index (χ0n) is 12.8. The Hall–Kier alpha value is -2.36. The van der Waals surface area contributed by atoms with Crippen LogP contribution < -0.4 is 18.9 Å². The minimum absolute atomic E-state index is 0.466. The topological polar surface area (TPSA) is 36.9 Å². The summed E-state index contributed by atoms with van der Waals surface area (Å²) in [6, 6.07) is 11.9. The molecule has 0 unspecified atom stereocenters. The van der Waals surface area contributed by atoms with Gasteiger partial charge in [0, 0.05) is 0 Å². The number of benzene rings is 2. The van der Waals surface area contributed by atoms with Crippen LogP contribution in [0.4, 0.5) is 0 Å². The summed E-state index contributed by atoms with van der Waals surface area (Å²) in [5, 5.41) is 0. The molecule has 0 amide bonds. The summed E-state index contributed by atoms with van der Waals surface area (Å²) in [5.41, 5.74) is 2.02. The van der Waals surface area contributed by atoms with Gasteiger partial charge in [0.25, 0.3) is 0 Å². The lowest BCUT2D eigenvalue weighted by molar-refractivity contribution is 0.268. The van der Waals surface area contributed by atoms with E-state index in [9.17, 15) is 0 Å². The summed E-state index contributed by atoms with van der Waals surface area (Å²) < 4.78 is 22.1. The van der Waals surface area contributed by atoms with Crippen molar-refractivity contribution in [3.05, 3.63) is 47.5 Å². The molecule has 21 heavy (non-hydrogen) atoms. The van der Waals surface area contributed by atoms with Crippen LogP contribution in [0, 0.1) is 6.92 Å². The van der Waals surface area contributed by atoms with E-state index in [0.717, 1.165) is 11.1 Å². The zero-order valence-corrected chi connectivity index (χ0v) is 12.8. The maximum atomic E-state index is 5.93. The van der Waals surface area contributed by atoms with Crippen LogP contribution in [-0.2, 0) is 6.61 Å². The van der Waals surface area contributed by atoms with E-state index in [2.05, 4.69) is 0 Å². The summed E-state index contributed by atoms with van der Waals surface area (Å²) in [6.45, 7) is 2.42. The van der Waals surface area contributed by atoms with Gasteiger partial charge in [0.2, 0.25) is 11.5 Å². The molecule has 0 radical (unpaired) electrons. The Morgan fingerprint density at radius 2 is 1.48 bits per heavy atom. The van der Waals surface area contributed by atoms with Gasteiger partial charge in [0.1, 0.15) is 6.61 Å². The summed E-state index contributed by atoms with van der Waals surface area (Å²) >= 11 is 0. The first-order valence-electron chi connectivity index (χ1n) is 6.67. The Morgan fingerprint density at radius 3 is 2.05 bits per heavy atom. The first kappa shape index (κ1) is 15.0. The predicted molar refractivity (Wildman–Crippen MR) is 81.6 cm³/mol. The van der Waals surface area contributed by atoms with Crippen LogP contribution in [0.3, 0.4) is 0 Å². The average molecular weight is 288 g/mol. The molecule has 0 bridgehead atoms. The molecule has 0 aliphatic carbocycles. The van der Waals surface area contributed by atoms with Crippen molar-refractivity contribution in [3.8, 4) is 23.0 Å². The molecular weight excluding hydrogens is 268 g/mol. The van der Waals surface area contributed by atoms with E-state index >= 15 is 0 Å². The Morgan fingerprint density at radius 1 is 0.810 bits per heavy atom. The summed E-state index contributed by atoms with van der Waals surface area (Å²) in [6.07, 6.45) is 0. The Bertz CT molecular complexity index is 593. The average Bonchev–Trinajstić information content (AvgIpc) is 2.53. The van der Waals surface area contributed by atoms with Gasteiger partial charge in [-0.2, -0.15) is 0 Å². The molecule has 0 atom stereocenters. The van der Waals surface area contributed by atoms with E-state index in [0.29, 0.717) is 29.6 Å². The van der Waals surface area contributed by atoms with Crippen molar-refractivity contribution in [2.45, 2.75) is 13.5 Å². The van der Waals surface area contributed by atoms with E-state index in [4.69, 9.17) is 18.9 Å². The summed E-state index contributed by atoms with van der Waals surface area (Å²) in [7, 11) is 4.77. The number of hydrogen-bond donors (Lipinski definition) is 0. The monoisotopic (exact) mass is 288 g/mol. The largest absolute Gasteiger partial charge is 0.493 e. The molecule has 112 valence electrons. The molecule has 0 fully saturated rings. The number of hydrogen-bond acceptors (Lipinski definition) is 4. The second-order valence-electron chi connectivity index (χ2n) is 4.57. The number of methoxy groups -OCH3 is 3. The minimum Gasteiger partial charge on any atom is -0.493 e. The molecule has 0 aromatic heterocycles. The highest BCUT2D eigenvalue weighted by Crippen LogP contribution is 2.46. The fourth-order valence-electron chi connectivity index (χ4n) is 2.16. The fraction of sp³-hybridized carbons (Fsp3) is 0.294. The highest BCUT2D eigenvalue weighted by Gasteiger charge is 2.20. The normalized spacial score (nSPS) is 10.1. The fourth-order valence-corrected chi connectivity index (χ4v) is 2.16. The van der Waals surface area contributed by atoms with E-state index in [1.807, 2.05) is 43.3 Å². The molecule has 2 rings (SSSR count). The second-order valence-corrected chi connectivity index (χ2v) is 4.57. The molecule has 0 heterocycles. The standard InChI is InChI=1S/C17H20O4/c1-12-10-14(18-2)16(19-3)17(20-4)15(12)21-11-13-8-6-5-7-9-13/h5-10H,11H2,1-4H3. The number of ether oxygens (including phenoxy) is 4. The molecular formula is C17H20O4. The highest BCUT2D eigenvalue weighted by atomic mass is 16.5. The van der Waals surface area contributed by atoms with Gasteiger partial charge in [-0.3, -0.25) is 0 Å². The van der Waals surface area contributed by atoms with Crippen LogP contribution in [0.5, 0.6) is 23.0 Å². The quantitative estimate of drug-likeness (QED) is 0.814. The molecule has 2 aromatic carbocycles. The Labute approximate surface area is 125 Å². The minimum atomic E-state index is 0.466. The van der Waals surface area contributed by atoms with Crippen LogP contribution in [0.1, 0.15) is 11.1 Å². The molecule has 0 spiro atoms. The lowest BCUT2D eigenvalue weighted by Gasteiger charge is -2.18. The van der Waals surface area contributed by atoms with Gasteiger partial charge in [-0.15, -0.1) is 0 Å². The van der Waals surface area contributed by atoms with E-state index in [1.165, 1.54) is 0 Å². The maximum Gasteiger partial charge on any atom is 0.207 e. The predicted octanol–water partition coefficient (Wildman–Crippen LogP) is 3.60. The molecule has 2 aromatic rings. The first-order chi connectivity index (χ1) is 10.2. The van der Waals surface area contributed by atoms with Gasteiger partial charge in [-0.25, -0.2) is 0 Å². The molecule has 0 N–H and O–H groups in total. The molecule has 0 aliphatic rings. The highest BCUT2D eigenvalue weighted by molar-refractivity contribution is 5.62. The van der Waals surface area contributed by atoms with Crippen molar-refractivity contribution < 1.29 is 18.9 Å². The lowest BCUT2D eigenvalue weighted by atomic mass is 10.1. The van der Waals surface area contributed by atoms with Crippen molar-refractivity contribution >= 4 is 0 Å². The molecule has 4 nitrogen and oxygen atoms in total. The molecule has 0 saturated heterocycles. The summed E-state index contributed by atoms with van der Waals surface area (Å²) in [4.78, 5) is 0. The van der Waals surface area contributed by atoms with E-state index in [1.54, 1.807) is 21.3 Å². The van der Waals surface area contributed by atoms with Gasteiger partial charge in [0.05, 0.1) is 21.3 Å². The van der Waals surface area contributed by atoms with E-state index < -0.39 is 0 Å². The van der Waals surface area contributed by atoms with Crippen LogP contribution in [0.15, 0.2) is 36.4 Å². The second kappa shape index (κ2) is 6.88. The van der Waals surface area contributed by atoms with Crippen LogP contribution in [0.2, 0.25) is 0 Å². The summed E-state index contributed by atoms with van der Waals surface area (Å²) in [5.74, 6) is 2.37. The smallest absolute Gasteiger partial charge is 0.207 e. The van der Waals surface area contributed by atoms with Crippen LogP contribution in [-0.4, -0.2) is 21.3 Å². The molecule has 4 heteroatoms. The van der Waals surface area contributed by atoms with Crippen molar-refractivity contribution in [1.29, 1.82) is 0 Å². The van der Waals surface area contributed by atoms with Crippen LogP contribution >= 0.6 is 0 Å². The van der Waals surface area contributed by atoms with E-state index in [-0.39, 0.29) is 0 Å². The maximum absolute atomic E-state index is 5.93. The van der Waals surface area contributed by atoms with Crippen molar-refractivity contribution in [2.24, 2.45) is 0 Å². The van der Waals surface area contributed by atoms with Gasteiger partial charge < -0.3 is 18.9 Å². The molecule has 0 aliphatic heterocycles. The third kappa shape index (κ3) is 3.21. The Kier molecular flexibility index (Phi) is 4.93. The third-order valence-corrected chi connectivity index (χ3v) is 3.20. The number of rotatable bonds is 6. The zero-order chi connectivity index (χ0) is 15.2. The van der Waals surface area contributed by atoms with Crippen molar-refractivity contribution in [3.63, 3.8) is 0 Å². The number of aryl methyl sites for hydroxylation is 1. The van der Waals surface area contributed by atoms with Gasteiger partial charge in [-0.1, -0.05) is 30.3 Å². The first-order valence-corrected chi connectivity index (χ1v) is 6.67. The lowest BCUT2D eigenvalue weighted by Crippen LogP contribution is -2.02. The van der Waals surface area contributed by atoms with Gasteiger partial charge in [-0.05, 0) is 24.1 Å². The van der Waals surface area contributed by atoms with Gasteiger partial charge in [0.15, 0.2) is 11.5 Å². The molecule has 0 saturated carbocycles. The SMILES string of the molecule is COc1cc(C)c(OCc2ccccc2)c(OC)c1OC. The Balaban J connectivity index is 2.34.